The minimum absolute atomic E-state index is 0. The Hall–Kier alpha value is -0.200. The lowest BCUT2D eigenvalue weighted by Gasteiger charge is -2.05. The van der Waals surface area contributed by atoms with Gasteiger partial charge in [-0.15, -0.1) is 17.0 Å². The molecule has 5 heteroatoms. The second-order valence-corrected chi connectivity index (χ2v) is 5.02. The van der Waals surface area contributed by atoms with Crippen LogP contribution in [0.3, 0.4) is 0 Å². The average molecular weight is 379 g/mol. The Morgan fingerprint density at radius 1 is 0.864 bits per heavy atom. The summed E-state index contributed by atoms with van der Waals surface area (Å²) in [5.41, 5.74) is 0. The molecule has 0 radical (unpaired) electrons. The van der Waals surface area contributed by atoms with Crippen LogP contribution in [0.15, 0.2) is 24.3 Å². The molecule has 0 aromatic carbocycles. The van der Waals surface area contributed by atoms with Gasteiger partial charge in [-0.3, -0.25) is 0 Å². The summed E-state index contributed by atoms with van der Waals surface area (Å²) in [6.45, 7) is 7.26. The van der Waals surface area contributed by atoms with Crippen LogP contribution >= 0.6 is 17.0 Å². The lowest BCUT2D eigenvalue weighted by Crippen LogP contribution is -2.06. The van der Waals surface area contributed by atoms with Gasteiger partial charge in [-0.2, -0.15) is 0 Å². The lowest BCUT2D eigenvalue weighted by molar-refractivity contribution is -0.0477. The van der Waals surface area contributed by atoms with Gasteiger partial charge in [-0.05, 0) is 26.2 Å². The summed E-state index contributed by atoms with van der Waals surface area (Å²) >= 11 is 0. The van der Waals surface area contributed by atoms with Crippen LogP contribution in [-0.2, 0) is 18.9 Å². The van der Waals surface area contributed by atoms with Crippen molar-refractivity contribution in [1.82, 2.24) is 0 Å². The fourth-order valence-electron chi connectivity index (χ4n) is 2.04. The topological polar surface area (TPSA) is 36.9 Å². The van der Waals surface area contributed by atoms with Crippen molar-refractivity contribution in [2.24, 2.45) is 0 Å². The molecule has 2 rings (SSSR count). The number of hydrogen-bond donors (Lipinski definition) is 0. The number of allylic oxidation sites excluding steroid dienone is 4. The maximum absolute atomic E-state index is 5.29. The Balaban J connectivity index is 0.000000397. The molecule has 22 heavy (non-hydrogen) atoms. The summed E-state index contributed by atoms with van der Waals surface area (Å²) in [5, 5.41) is 0. The standard InChI is InChI=1S/C10H16O2.C7H14O2.BrH/c1-2-3-4-5-6-7-10-11-8-9-12-10;1-2-3-4-7-8-5-6-9-7;/h2-5,10H,6-9H2,1H3;7H,2-6H2,1H3;1H/b3-2+,5-4-;;. The number of hydrogen-bond acceptors (Lipinski definition) is 4. The Labute approximate surface area is 145 Å². The van der Waals surface area contributed by atoms with Crippen LogP contribution in [0.5, 0.6) is 0 Å². The van der Waals surface area contributed by atoms with Crippen LogP contribution < -0.4 is 0 Å². The van der Waals surface area contributed by atoms with E-state index in [4.69, 9.17) is 18.9 Å². The molecule has 0 aliphatic carbocycles. The van der Waals surface area contributed by atoms with E-state index in [-0.39, 0.29) is 29.6 Å². The molecule has 2 aliphatic rings. The first-order chi connectivity index (χ1) is 10.4. The average Bonchev–Trinajstić information content (AvgIpc) is 3.19. The molecule has 2 fully saturated rings. The van der Waals surface area contributed by atoms with Gasteiger partial charge in [0.15, 0.2) is 12.6 Å². The van der Waals surface area contributed by atoms with Crippen molar-refractivity contribution >= 4 is 17.0 Å². The summed E-state index contributed by atoms with van der Waals surface area (Å²) < 4.78 is 21.0. The largest absolute Gasteiger partial charge is 0.350 e. The van der Waals surface area contributed by atoms with Gasteiger partial charge < -0.3 is 18.9 Å². The van der Waals surface area contributed by atoms with E-state index in [9.17, 15) is 0 Å². The fraction of sp³-hybridized carbons (Fsp3) is 0.765. The third-order valence-corrected chi connectivity index (χ3v) is 3.18. The SMILES string of the molecule is Br.C/C=C/C=C\CCC1OCCO1.CCCCC1OCCO1. The molecule has 4 nitrogen and oxygen atoms in total. The van der Waals surface area contributed by atoms with Crippen molar-refractivity contribution in [2.45, 2.75) is 58.5 Å². The maximum atomic E-state index is 5.29. The monoisotopic (exact) mass is 378 g/mol. The first-order valence-electron chi connectivity index (χ1n) is 8.11. The maximum Gasteiger partial charge on any atom is 0.158 e. The van der Waals surface area contributed by atoms with Crippen molar-refractivity contribution < 1.29 is 18.9 Å². The van der Waals surface area contributed by atoms with Crippen LogP contribution in [0.4, 0.5) is 0 Å². The van der Waals surface area contributed by atoms with E-state index in [0.29, 0.717) is 0 Å². The normalized spacial score (nSPS) is 19.5. The van der Waals surface area contributed by atoms with E-state index in [2.05, 4.69) is 19.1 Å². The fourth-order valence-corrected chi connectivity index (χ4v) is 2.04. The predicted octanol–water partition coefficient (Wildman–Crippen LogP) is 4.40. The quantitative estimate of drug-likeness (QED) is 0.615. The summed E-state index contributed by atoms with van der Waals surface area (Å²) in [7, 11) is 0. The van der Waals surface area contributed by atoms with Gasteiger partial charge in [0.2, 0.25) is 0 Å². The molecule has 0 bridgehead atoms. The zero-order chi connectivity index (χ0) is 15.2. The highest BCUT2D eigenvalue weighted by Gasteiger charge is 2.14. The number of ether oxygens (including phenoxy) is 4. The number of halogens is 1. The van der Waals surface area contributed by atoms with E-state index < -0.39 is 0 Å². The Morgan fingerprint density at radius 3 is 1.91 bits per heavy atom. The van der Waals surface area contributed by atoms with E-state index in [1.54, 1.807) is 0 Å². The molecule has 2 saturated heterocycles. The molecular weight excluding hydrogens is 348 g/mol. The van der Waals surface area contributed by atoms with Crippen LogP contribution in [0.1, 0.15) is 46.0 Å². The molecule has 0 aromatic heterocycles. The second kappa shape index (κ2) is 15.7. The lowest BCUT2D eigenvalue weighted by atomic mass is 10.2. The van der Waals surface area contributed by atoms with E-state index in [1.165, 1.54) is 12.8 Å². The van der Waals surface area contributed by atoms with Crippen molar-refractivity contribution in [3.8, 4) is 0 Å². The molecule has 0 spiro atoms. The van der Waals surface area contributed by atoms with Gasteiger partial charge in [0, 0.05) is 6.42 Å². The summed E-state index contributed by atoms with van der Waals surface area (Å²) in [4.78, 5) is 0. The van der Waals surface area contributed by atoms with Crippen molar-refractivity contribution in [3.63, 3.8) is 0 Å². The van der Waals surface area contributed by atoms with Gasteiger partial charge in [0.05, 0.1) is 26.4 Å². The van der Waals surface area contributed by atoms with Gasteiger partial charge >= 0.3 is 0 Å². The molecule has 130 valence electrons. The molecule has 2 aliphatic heterocycles. The van der Waals surface area contributed by atoms with E-state index in [0.717, 1.165) is 45.7 Å². The highest BCUT2D eigenvalue weighted by atomic mass is 79.9. The molecule has 0 saturated carbocycles. The van der Waals surface area contributed by atoms with Crippen LogP contribution in [0.2, 0.25) is 0 Å². The Morgan fingerprint density at radius 2 is 1.41 bits per heavy atom. The molecule has 0 unspecified atom stereocenters. The Bertz CT molecular complexity index is 282. The molecule has 0 aromatic rings. The van der Waals surface area contributed by atoms with E-state index in [1.807, 2.05) is 19.1 Å². The van der Waals surface area contributed by atoms with Crippen molar-refractivity contribution in [2.75, 3.05) is 26.4 Å². The van der Waals surface area contributed by atoms with Crippen LogP contribution in [-0.4, -0.2) is 39.0 Å². The summed E-state index contributed by atoms with van der Waals surface area (Å²) in [6, 6.07) is 0. The third kappa shape index (κ3) is 11.4. The third-order valence-electron chi connectivity index (χ3n) is 3.18. The zero-order valence-corrected chi connectivity index (χ0v) is 15.6. The second-order valence-electron chi connectivity index (χ2n) is 5.02. The number of unbranched alkanes of at least 4 members (excludes halogenated alkanes) is 1. The van der Waals surface area contributed by atoms with Crippen molar-refractivity contribution in [3.05, 3.63) is 24.3 Å². The number of rotatable bonds is 7. The smallest absolute Gasteiger partial charge is 0.158 e. The first-order valence-corrected chi connectivity index (χ1v) is 8.11. The summed E-state index contributed by atoms with van der Waals surface area (Å²) in [6.07, 6.45) is 13.9. The molecule has 2 heterocycles. The van der Waals surface area contributed by atoms with Crippen molar-refractivity contribution in [1.29, 1.82) is 0 Å². The molecule has 0 N–H and O–H groups in total. The summed E-state index contributed by atoms with van der Waals surface area (Å²) in [5.74, 6) is 0. The highest BCUT2D eigenvalue weighted by molar-refractivity contribution is 8.93. The minimum atomic E-state index is 0. The van der Waals surface area contributed by atoms with Gasteiger partial charge in [-0.25, -0.2) is 0 Å². The molecular formula is C17H31BrO4. The zero-order valence-electron chi connectivity index (χ0n) is 13.9. The van der Waals surface area contributed by atoms with Crippen LogP contribution in [0.25, 0.3) is 0 Å². The highest BCUT2D eigenvalue weighted by Crippen LogP contribution is 2.11. The van der Waals surface area contributed by atoms with Crippen LogP contribution in [0, 0.1) is 0 Å². The van der Waals surface area contributed by atoms with E-state index >= 15 is 0 Å². The molecule has 0 amide bonds. The Kier molecular flexibility index (Phi) is 15.5. The predicted molar refractivity (Wildman–Crippen MR) is 94.4 cm³/mol. The van der Waals surface area contributed by atoms with Gasteiger partial charge in [0.1, 0.15) is 0 Å². The van der Waals surface area contributed by atoms with Gasteiger partial charge in [-0.1, -0.05) is 37.6 Å². The molecule has 0 atom stereocenters. The van der Waals surface area contributed by atoms with Gasteiger partial charge in [0.25, 0.3) is 0 Å². The minimum Gasteiger partial charge on any atom is -0.350 e. The first kappa shape index (κ1) is 21.8.